The zero-order valence-electron chi connectivity index (χ0n) is 13.3. The Balaban J connectivity index is 1.63. The second-order valence-electron chi connectivity index (χ2n) is 6.23. The number of carbonyl (C=O) groups excluding carboxylic acids is 1. The summed E-state index contributed by atoms with van der Waals surface area (Å²) < 4.78 is 0. The molecule has 1 aliphatic rings. The molecular weight excluding hydrogens is 288 g/mol. The third kappa shape index (κ3) is 3.79. The fourth-order valence-electron chi connectivity index (χ4n) is 3.42. The Hall–Kier alpha value is -2.14. The lowest BCUT2D eigenvalue weighted by molar-refractivity contribution is -0.117. The summed E-state index contributed by atoms with van der Waals surface area (Å²) in [4.78, 5) is 19.6. The minimum atomic E-state index is -0.0794. The molecule has 2 aromatic heterocycles. The van der Waals surface area contributed by atoms with Gasteiger partial charge < -0.3 is 16.0 Å². The predicted molar refractivity (Wildman–Crippen MR) is 92.7 cm³/mol. The average molecular weight is 312 g/mol. The maximum Gasteiger partial charge on any atom is 0.244 e. The number of nitrogens with two attached hydrogens (primary N) is 1. The zero-order chi connectivity index (χ0) is 16.1. The predicted octanol–water partition coefficient (Wildman–Crippen LogP) is 2.60. The first-order valence-electron chi connectivity index (χ1n) is 8.38. The second kappa shape index (κ2) is 7.42. The molecule has 0 aromatic carbocycles. The number of rotatable bonds is 5. The summed E-state index contributed by atoms with van der Waals surface area (Å²) in [5, 5.41) is 4.08. The molecule has 1 saturated carbocycles. The van der Waals surface area contributed by atoms with Crippen LogP contribution in [0.2, 0.25) is 0 Å². The lowest BCUT2D eigenvalue weighted by Gasteiger charge is -2.29. The van der Waals surface area contributed by atoms with Gasteiger partial charge in [0.25, 0.3) is 0 Å². The topological polar surface area (TPSA) is 83.8 Å². The molecule has 0 aliphatic heterocycles. The lowest BCUT2D eigenvalue weighted by Crippen LogP contribution is -2.45. The number of pyridine rings is 1. The molecule has 1 fully saturated rings. The highest BCUT2D eigenvalue weighted by molar-refractivity contribution is 5.95. The third-order valence-electron chi connectivity index (χ3n) is 4.70. The molecule has 0 bridgehead atoms. The molecular formula is C18H24N4O. The SMILES string of the molecule is NC[C@@H](NC(=O)C=Cc1c[nH]c2ncccc12)C1CCCCC1. The molecule has 1 atom stereocenters. The zero-order valence-corrected chi connectivity index (χ0v) is 13.3. The quantitative estimate of drug-likeness (QED) is 0.742. The highest BCUT2D eigenvalue weighted by Crippen LogP contribution is 2.26. The van der Waals surface area contributed by atoms with Crippen LogP contribution >= 0.6 is 0 Å². The molecule has 0 spiro atoms. The fraction of sp³-hybridized carbons (Fsp3) is 0.444. The maximum atomic E-state index is 12.2. The van der Waals surface area contributed by atoms with Crippen LogP contribution in [0.15, 0.2) is 30.6 Å². The minimum absolute atomic E-state index is 0.0794. The third-order valence-corrected chi connectivity index (χ3v) is 4.70. The Labute approximate surface area is 136 Å². The molecule has 1 aliphatic carbocycles. The van der Waals surface area contributed by atoms with Gasteiger partial charge in [0.1, 0.15) is 5.65 Å². The number of aromatic nitrogens is 2. The highest BCUT2D eigenvalue weighted by atomic mass is 16.1. The largest absolute Gasteiger partial charge is 0.348 e. The van der Waals surface area contributed by atoms with Crippen LogP contribution in [0.4, 0.5) is 0 Å². The van der Waals surface area contributed by atoms with Crippen molar-refractivity contribution in [1.29, 1.82) is 0 Å². The second-order valence-corrected chi connectivity index (χ2v) is 6.23. The first-order chi connectivity index (χ1) is 11.3. The van der Waals surface area contributed by atoms with Gasteiger partial charge in [-0.15, -0.1) is 0 Å². The molecule has 23 heavy (non-hydrogen) atoms. The molecule has 5 nitrogen and oxygen atoms in total. The number of nitrogens with one attached hydrogen (secondary N) is 2. The van der Waals surface area contributed by atoms with Crippen LogP contribution in [0.3, 0.4) is 0 Å². The van der Waals surface area contributed by atoms with Crippen molar-refractivity contribution in [3.63, 3.8) is 0 Å². The molecule has 0 radical (unpaired) electrons. The number of carbonyl (C=O) groups is 1. The number of amides is 1. The van der Waals surface area contributed by atoms with Gasteiger partial charge in [-0.25, -0.2) is 4.98 Å². The van der Waals surface area contributed by atoms with Crippen molar-refractivity contribution in [3.8, 4) is 0 Å². The van der Waals surface area contributed by atoms with Crippen molar-refractivity contribution in [1.82, 2.24) is 15.3 Å². The van der Waals surface area contributed by atoms with Crippen molar-refractivity contribution in [3.05, 3.63) is 36.2 Å². The van der Waals surface area contributed by atoms with Gasteiger partial charge in [-0.05, 0) is 37.0 Å². The van der Waals surface area contributed by atoms with Crippen LogP contribution < -0.4 is 11.1 Å². The van der Waals surface area contributed by atoms with E-state index in [9.17, 15) is 4.79 Å². The van der Waals surface area contributed by atoms with Crippen LogP contribution in [0.25, 0.3) is 17.1 Å². The standard InChI is InChI=1S/C18H24N4O/c19-11-16(13-5-2-1-3-6-13)22-17(23)9-8-14-12-21-18-15(14)7-4-10-20-18/h4,7-10,12-13,16H,1-3,5-6,11,19H2,(H,20,21)(H,22,23)/t16-/m1/s1. The van der Waals surface area contributed by atoms with Crippen molar-refractivity contribution in [2.24, 2.45) is 11.7 Å². The lowest BCUT2D eigenvalue weighted by atomic mass is 9.84. The van der Waals surface area contributed by atoms with Gasteiger partial charge >= 0.3 is 0 Å². The van der Waals surface area contributed by atoms with Gasteiger partial charge in [0.05, 0.1) is 0 Å². The Morgan fingerprint density at radius 3 is 3.04 bits per heavy atom. The van der Waals surface area contributed by atoms with Crippen molar-refractivity contribution >= 4 is 23.0 Å². The van der Waals surface area contributed by atoms with Gasteiger partial charge in [0.2, 0.25) is 5.91 Å². The van der Waals surface area contributed by atoms with Crippen molar-refractivity contribution < 1.29 is 4.79 Å². The van der Waals surface area contributed by atoms with Crippen LogP contribution in [-0.4, -0.2) is 28.5 Å². The van der Waals surface area contributed by atoms with E-state index >= 15 is 0 Å². The van der Waals surface area contributed by atoms with Crippen molar-refractivity contribution in [2.45, 2.75) is 38.1 Å². The Morgan fingerprint density at radius 2 is 2.26 bits per heavy atom. The Bertz CT molecular complexity index is 685. The van der Waals surface area contributed by atoms with Gasteiger partial charge in [0.15, 0.2) is 0 Å². The summed E-state index contributed by atoms with van der Waals surface area (Å²) in [5.41, 5.74) is 7.66. The average Bonchev–Trinajstić information content (AvgIpc) is 3.02. The molecule has 122 valence electrons. The van der Waals surface area contributed by atoms with E-state index in [4.69, 9.17) is 5.73 Å². The monoisotopic (exact) mass is 312 g/mol. The molecule has 2 heterocycles. The van der Waals surface area contributed by atoms with E-state index in [-0.39, 0.29) is 11.9 Å². The summed E-state index contributed by atoms with van der Waals surface area (Å²) in [6.07, 6.45) is 13.1. The molecule has 2 aromatic rings. The van der Waals surface area contributed by atoms with Crippen molar-refractivity contribution in [2.75, 3.05) is 6.54 Å². The van der Waals surface area contributed by atoms with E-state index in [1.807, 2.05) is 24.4 Å². The van der Waals surface area contributed by atoms with Crippen LogP contribution in [0.1, 0.15) is 37.7 Å². The first kappa shape index (κ1) is 15.7. The normalized spacial score (nSPS) is 17.6. The highest BCUT2D eigenvalue weighted by Gasteiger charge is 2.23. The smallest absolute Gasteiger partial charge is 0.244 e. The Kier molecular flexibility index (Phi) is 5.08. The summed E-state index contributed by atoms with van der Waals surface area (Å²) in [5.74, 6) is 0.438. The molecule has 0 unspecified atom stereocenters. The molecule has 5 heteroatoms. The summed E-state index contributed by atoms with van der Waals surface area (Å²) in [6.45, 7) is 0.501. The molecule has 0 saturated heterocycles. The van der Waals surface area contributed by atoms with E-state index in [1.54, 1.807) is 12.3 Å². The molecule has 1 amide bonds. The number of H-pyrrole nitrogens is 1. The van der Waals surface area contributed by atoms with Crippen LogP contribution in [0, 0.1) is 5.92 Å². The van der Waals surface area contributed by atoms with E-state index in [0.717, 1.165) is 16.6 Å². The number of hydrogen-bond acceptors (Lipinski definition) is 3. The number of hydrogen-bond donors (Lipinski definition) is 3. The fourth-order valence-corrected chi connectivity index (χ4v) is 3.42. The van der Waals surface area contributed by atoms with E-state index in [0.29, 0.717) is 12.5 Å². The van der Waals surface area contributed by atoms with Crippen LogP contribution in [0.5, 0.6) is 0 Å². The van der Waals surface area contributed by atoms with E-state index in [1.165, 1.54) is 32.1 Å². The Morgan fingerprint density at radius 1 is 1.43 bits per heavy atom. The molecule has 3 rings (SSSR count). The van der Waals surface area contributed by atoms with E-state index in [2.05, 4.69) is 15.3 Å². The minimum Gasteiger partial charge on any atom is -0.348 e. The van der Waals surface area contributed by atoms with Gasteiger partial charge in [-0.3, -0.25) is 4.79 Å². The van der Waals surface area contributed by atoms with Gasteiger partial charge in [0, 0.05) is 42.0 Å². The van der Waals surface area contributed by atoms with E-state index < -0.39 is 0 Å². The maximum absolute atomic E-state index is 12.2. The van der Waals surface area contributed by atoms with Crippen LogP contribution in [-0.2, 0) is 4.79 Å². The number of fused-ring (bicyclic) bond motifs is 1. The summed E-state index contributed by atoms with van der Waals surface area (Å²) in [7, 11) is 0. The number of aromatic amines is 1. The molecule has 4 N–H and O–H groups in total. The summed E-state index contributed by atoms with van der Waals surface area (Å²) >= 11 is 0. The number of nitrogens with zero attached hydrogens (tertiary/aromatic N) is 1. The first-order valence-corrected chi connectivity index (χ1v) is 8.38. The van der Waals surface area contributed by atoms with Gasteiger partial charge in [-0.2, -0.15) is 0 Å². The summed E-state index contributed by atoms with van der Waals surface area (Å²) in [6, 6.07) is 3.96. The van der Waals surface area contributed by atoms with Gasteiger partial charge in [-0.1, -0.05) is 19.3 Å².